The van der Waals surface area contributed by atoms with Crippen LogP contribution in [0, 0.1) is 0 Å². The van der Waals surface area contributed by atoms with Gasteiger partial charge in [0.05, 0.1) is 6.20 Å². The maximum Gasteiger partial charge on any atom is 0.471 e. The van der Waals surface area contributed by atoms with Crippen LogP contribution in [0.25, 0.3) is 11.4 Å². The number of alkyl halides is 3. The molecule has 0 bridgehead atoms. The van der Waals surface area contributed by atoms with Crippen molar-refractivity contribution in [2.45, 2.75) is 24.2 Å². The van der Waals surface area contributed by atoms with E-state index in [1.165, 1.54) is 24.4 Å². The molecule has 3 rings (SSSR count). The first-order valence-electron chi connectivity index (χ1n) is 7.20. The van der Waals surface area contributed by atoms with Crippen LogP contribution in [0.15, 0.2) is 46.1 Å². The van der Waals surface area contributed by atoms with Gasteiger partial charge < -0.3 is 4.52 Å². The molecule has 8 nitrogen and oxygen atoms in total. The van der Waals surface area contributed by atoms with Crippen LogP contribution in [-0.2, 0) is 16.2 Å². The molecule has 1 atom stereocenters. The van der Waals surface area contributed by atoms with Gasteiger partial charge in [-0.15, -0.1) is 0 Å². The molecule has 0 radical (unpaired) electrons. The van der Waals surface area contributed by atoms with Gasteiger partial charge in [0.1, 0.15) is 0 Å². The highest BCUT2D eigenvalue weighted by Crippen LogP contribution is 2.29. The summed E-state index contributed by atoms with van der Waals surface area (Å²) in [6.07, 6.45) is -3.40. The fourth-order valence-electron chi connectivity index (χ4n) is 2.13. The van der Waals surface area contributed by atoms with Crippen LogP contribution in [0.4, 0.5) is 13.2 Å². The molecule has 12 heteroatoms. The lowest BCUT2D eigenvalue weighted by atomic mass is 10.1. The average molecular weight is 387 g/mol. The van der Waals surface area contributed by atoms with E-state index in [-0.39, 0.29) is 10.9 Å². The van der Waals surface area contributed by atoms with E-state index in [4.69, 9.17) is 0 Å². The fraction of sp³-hybridized carbons (Fsp3) is 0.214. The van der Waals surface area contributed by atoms with E-state index < -0.39 is 28.1 Å². The Bertz CT molecular complexity index is 982. The highest BCUT2D eigenvalue weighted by molar-refractivity contribution is 7.89. The third-order valence-corrected chi connectivity index (χ3v) is 4.90. The predicted molar refractivity (Wildman–Crippen MR) is 82.1 cm³/mol. The molecule has 26 heavy (non-hydrogen) atoms. The van der Waals surface area contributed by atoms with Crippen molar-refractivity contribution in [3.8, 4) is 11.4 Å². The Morgan fingerprint density at radius 2 is 1.88 bits per heavy atom. The number of halogens is 3. The van der Waals surface area contributed by atoms with E-state index in [0.717, 1.165) is 0 Å². The topological polar surface area (TPSA) is 114 Å². The number of hydrogen-bond donors (Lipinski definition) is 2. The van der Waals surface area contributed by atoms with E-state index >= 15 is 0 Å². The van der Waals surface area contributed by atoms with Gasteiger partial charge in [-0.05, 0) is 18.6 Å². The van der Waals surface area contributed by atoms with E-state index in [1.54, 1.807) is 19.1 Å². The summed E-state index contributed by atoms with van der Waals surface area (Å²) in [5, 5.41) is 9.16. The Hall–Kier alpha value is -2.73. The van der Waals surface area contributed by atoms with Crippen LogP contribution >= 0.6 is 0 Å². The predicted octanol–water partition coefficient (Wildman–Crippen LogP) is 2.52. The third-order valence-electron chi connectivity index (χ3n) is 3.43. The molecule has 1 unspecified atom stereocenters. The third kappa shape index (κ3) is 3.75. The van der Waals surface area contributed by atoms with Crippen molar-refractivity contribution < 1.29 is 26.1 Å². The lowest BCUT2D eigenvalue weighted by Gasteiger charge is -2.14. The number of nitrogens with zero attached hydrogens (tertiary/aromatic N) is 3. The lowest BCUT2D eigenvalue weighted by Crippen LogP contribution is -2.27. The van der Waals surface area contributed by atoms with Crippen molar-refractivity contribution in [1.82, 2.24) is 25.1 Å². The fourth-order valence-corrected chi connectivity index (χ4v) is 3.28. The number of H-pyrrole nitrogens is 1. The smallest absolute Gasteiger partial charge is 0.329 e. The van der Waals surface area contributed by atoms with Crippen molar-refractivity contribution in [2.75, 3.05) is 0 Å². The molecule has 0 saturated carbocycles. The molecular weight excluding hydrogens is 375 g/mol. The summed E-state index contributed by atoms with van der Waals surface area (Å²) in [5.41, 5.74) is 0.896. The molecule has 0 aliphatic rings. The second kappa shape index (κ2) is 6.53. The molecule has 0 spiro atoms. The van der Waals surface area contributed by atoms with Gasteiger partial charge in [0.2, 0.25) is 5.82 Å². The van der Waals surface area contributed by atoms with Crippen molar-refractivity contribution >= 4 is 10.0 Å². The molecule has 0 fully saturated rings. The van der Waals surface area contributed by atoms with E-state index in [9.17, 15) is 21.6 Å². The Morgan fingerprint density at radius 1 is 1.19 bits per heavy atom. The zero-order valence-electron chi connectivity index (χ0n) is 13.1. The number of sulfonamides is 1. The first-order chi connectivity index (χ1) is 12.2. The quantitative estimate of drug-likeness (QED) is 0.695. The Morgan fingerprint density at radius 3 is 2.42 bits per heavy atom. The number of aromatic nitrogens is 4. The summed E-state index contributed by atoms with van der Waals surface area (Å²) < 4.78 is 68.4. The summed E-state index contributed by atoms with van der Waals surface area (Å²) in [7, 11) is -3.77. The van der Waals surface area contributed by atoms with Crippen LogP contribution < -0.4 is 4.72 Å². The van der Waals surface area contributed by atoms with Crippen molar-refractivity contribution in [3.05, 3.63) is 48.0 Å². The van der Waals surface area contributed by atoms with Gasteiger partial charge >= 0.3 is 12.1 Å². The zero-order valence-corrected chi connectivity index (χ0v) is 14.0. The number of benzene rings is 1. The van der Waals surface area contributed by atoms with Gasteiger partial charge in [-0.3, -0.25) is 5.10 Å². The summed E-state index contributed by atoms with van der Waals surface area (Å²) in [6, 6.07) is 6.78. The highest BCUT2D eigenvalue weighted by atomic mass is 32.2. The molecule has 2 aromatic heterocycles. The Labute approximate surface area is 145 Å². The zero-order chi connectivity index (χ0) is 18.9. The Kier molecular flexibility index (Phi) is 4.54. The molecule has 0 aliphatic heterocycles. The molecule has 138 valence electrons. The standard InChI is InChI=1S/C14H12F3N5O3S/c1-8(22-26(23,24)11-6-7-18-20-11)9-2-4-10(5-3-9)12-19-13(25-21-12)14(15,16)17/h2-8,22H,1H3,(H,18,20). The van der Waals surface area contributed by atoms with Gasteiger partial charge in [-0.1, -0.05) is 29.4 Å². The van der Waals surface area contributed by atoms with E-state index in [2.05, 4.69) is 29.6 Å². The van der Waals surface area contributed by atoms with Crippen LogP contribution in [0.1, 0.15) is 24.4 Å². The molecule has 0 saturated heterocycles. The number of hydrogen-bond acceptors (Lipinski definition) is 6. The van der Waals surface area contributed by atoms with Crippen molar-refractivity contribution in [3.63, 3.8) is 0 Å². The van der Waals surface area contributed by atoms with Crippen molar-refractivity contribution in [2.24, 2.45) is 0 Å². The minimum atomic E-state index is -4.72. The average Bonchev–Trinajstić information content (AvgIpc) is 3.26. The van der Waals surface area contributed by atoms with Gasteiger partial charge in [0, 0.05) is 11.6 Å². The van der Waals surface area contributed by atoms with Gasteiger partial charge in [0.25, 0.3) is 10.0 Å². The molecule has 0 aliphatic carbocycles. The molecule has 2 N–H and O–H groups in total. The summed E-state index contributed by atoms with van der Waals surface area (Å²) >= 11 is 0. The minimum absolute atomic E-state index is 0.0764. The SMILES string of the molecule is CC(NS(=O)(=O)c1ccn[nH]1)c1ccc(-c2noc(C(F)(F)F)n2)cc1. The summed E-state index contributed by atoms with van der Waals surface area (Å²) in [6.45, 7) is 1.62. The summed E-state index contributed by atoms with van der Waals surface area (Å²) in [5.74, 6) is -1.65. The number of aromatic amines is 1. The van der Waals surface area contributed by atoms with Crippen LogP contribution in [0.3, 0.4) is 0 Å². The molecule has 0 amide bonds. The van der Waals surface area contributed by atoms with Gasteiger partial charge in [-0.25, -0.2) is 13.1 Å². The largest absolute Gasteiger partial charge is 0.471 e. The molecular formula is C14H12F3N5O3S. The number of nitrogens with one attached hydrogen (secondary N) is 2. The van der Waals surface area contributed by atoms with Gasteiger partial charge in [0.15, 0.2) is 5.03 Å². The maximum atomic E-state index is 12.5. The second-order valence-corrected chi connectivity index (χ2v) is 6.99. The van der Waals surface area contributed by atoms with Crippen LogP contribution in [-0.4, -0.2) is 28.8 Å². The van der Waals surface area contributed by atoms with Crippen LogP contribution in [0.2, 0.25) is 0 Å². The first kappa shape index (κ1) is 18.1. The highest BCUT2D eigenvalue weighted by Gasteiger charge is 2.38. The normalized spacial score (nSPS) is 13.7. The second-order valence-electron chi connectivity index (χ2n) is 5.31. The lowest BCUT2D eigenvalue weighted by molar-refractivity contribution is -0.159. The molecule has 2 heterocycles. The molecule has 1 aromatic carbocycles. The maximum absolute atomic E-state index is 12.5. The van der Waals surface area contributed by atoms with Crippen LogP contribution in [0.5, 0.6) is 0 Å². The Balaban J connectivity index is 1.76. The molecule has 3 aromatic rings. The number of rotatable bonds is 5. The monoisotopic (exact) mass is 387 g/mol. The van der Waals surface area contributed by atoms with Gasteiger partial charge in [-0.2, -0.15) is 23.3 Å². The minimum Gasteiger partial charge on any atom is -0.329 e. The van der Waals surface area contributed by atoms with Crippen molar-refractivity contribution in [1.29, 1.82) is 0 Å². The van der Waals surface area contributed by atoms with E-state index in [1.807, 2.05) is 0 Å². The van der Waals surface area contributed by atoms with E-state index in [0.29, 0.717) is 11.1 Å². The first-order valence-corrected chi connectivity index (χ1v) is 8.68. The summed E-state index contributed by atoms with van der Waals surface area (Å²) in [4.78, 5) is 3.29.